The Hall–Kier alpha value is -0.790. The van der Waals surface area contributed by atoms with Gasteiger partial charge in [-0.3, -0.25) is 0 Å². The van der Waals surface area contributed by atoms with Crippen LogP contribution in [0.4, 0.5) is 0 Å². The van der Waals surface area contributed by atoms with Gasteiger partial charge in [0.15, 0.2) is 0 Å². The highest BCUT2D eigenvalue weighted by atomic mass is 16.5. The second-order valence-corrected chi connectivity index (χ2v) is 1.67. The smallest absolute Gasteiger partial charge is 0.330 e. The normalized spacial score (nSPS) is 10.0. The van der Waals surface area contributed by atoms with Crippen molar-refractivity contribution in [1.82, 2.24) is 0 Å². The fourth-order valence-electron chi connectivity index (χ4n) is 0.387. The Labute approximate surface area is 55.5 Å². The zero-order valence-corrected chi connectivity index (χ0v) is 5.89. The summed E-state index contributed by atoms with van der Waals surface area (Å²) in [4.78, 5) is 10.5. The fraction of sp³-hybridized carbons (Fsp3) is 0.571. The Morgan fingerprint density at radius 2 is 2.33 bits per heavy atom. The molecule has 2 nitrogen and oxygen atoms in total. The SMILES string of the molecule is CC=CC(=O)OCCC. The summed E-state index contributed by atoms with van der Waals surface area (Å²) >= 11 is 0. The molecule has 0 radical (unpaired) electrons. The maximum Gasteiger partial charge on any atom is 0.330 e. The quantitative estimate of drug-likeness (QED) is 0.425. The van der Waals surface area contributed by atoms with Gasteiger partial charge >= 0.3 is 5.97 Å². The van der Waals surface area contributed by atoms with Crippen LogP contribution in [-0.2, 0) is 9.53 Å². The molecule has 0 saturated carbocycles. The van der Waals surface area contributed by atoms with Crippen LogP contribution >= 0.6 is 0 Å². The summed E-state index contributed by atoms with van der Waals surface area (Å²) in [6, 6.07) is 0. The van der Waals surface area contributed by atoms with Crippen molar-refractivity contribution in [2.75, 3.05) is 6.61 Å². The van der Waals surface area contributed by atoms with E-state index >= 15 is 0 Å². The molecule has 0 bridgehead atoms. The third-order valence-corrected chi connectivity index (χ3v) is 0.751. The zero-order chi connectivity index (χ0) is 7.11. The van der Waals surface area contributed by atoms with E-state index in [2.05, 4.69) is 0 Å². The van der Waals surface area contributed by atoms with Gasteiger partial charge in [-0.15, -0.1) is 0 Å². The molecule has 0 unspecified atom stereocenters. The van der Waals surface area contributed by atoms with Crippen molar-refractivity contribution in [3.8, 4) is 0 Å². The van der Waals surface area contributed by atoms with Crippen molar-refractivity contribution in [2.24, 2.45) is 0 Å². The Kier molecular flexibility index (Phi) is 4.88. The molecule has 0 spiro atoms. The zero-order valence-electron chi connectivity index (χ0n) is 5.89. The molecule has 0 aromatic carbocycles. The van der Waals surface area contributed by atoms with Crippen LogP contribution in [0.15, 0.2) is 12.2 Å². The Morgan fingerprint density at radius 1 is 1.67 bits per heavy atom. The lowest BCUT2D eigenvalue weighted by Crippen LogP contribution is -2.00. The summed E-state index contributed by atoms with van der Waals surface area (Å²) in [5, 5.41) is 0. The van der Waals surface area contributed by atoms with Gasteiger partial charge in [-0.2, -0.15) is 0 Å². The maximum absolute atomic E-state index is 10.5. The molecule has 0 aromatic rings. The van der Waals surface area contributed by atoms with Gasteiger partial charge in [0, 0.05) is 6.08 Å². The largest absolute Gasteiger partial charge is 0.463 e. The molecule has 0 atom stereocenters. The molecule has 0 heterocycles. The molecule has 0 fully saturated rings. The number of esters is 1. The highest BCUT2D eigenvalue weighted by molar-refractivity contribution is 5.81. The minimum absolute atomic E-state index is 0.251. The van der Waals surface area contributed by atoms with Crippen LogP contribution in [0, 0.1) is 0 Å². The number of rotatable bonds is 3. The lowest BCUT2D eigenvalue weighted by molar-refractivity contribution is -0.137. The third kappa shape index (κ3) is 5.07. The lowest BCUT2D eigenvalue weighted by Gasteiger charge is -1.95. The molecule has 0 amide bonds. The number of ether oxygens (including phenoxy) is 1. The Balaban J connectivity index is 3.27. The summed E-state index contributed by atoms with van der Waals surface area (Å²) in [6.07, 6.45) is 3.96. The van der Waals surface area contributed by atoms with E-state index in [9.17, 15) is 4.79 Å². The highest BCUT2D eigenvalue weighted by Gasteiger charge is 1.90. The average molecular weight is 128 g/mol. The molecule has 0 saturated heterocycles. The van der Waals surface area contributed by atoms with Crippen molar-refractivity contribution in [3.63, 3.8) is 0 Å². The van der Waals surface area contributed by atoms with Gasteiger partial charge in [-0.25, -0.2) is 4.79 Å². The summed E-state index contributed by atoms with van der Waals surface area (Å²) in [5.41, 5.74) is 0. The van der Waals surface area contributed by atoms with E-state index in [1.807, 2.05) is 6.92 Å². The first-order chi connectivity index (χ1) is 4.31. The molecule has 0 aromatic heterocycles. The molecule has 0 N–H and O–H groups in total. The van der Waals surface area contributed by atoms with Gasteiger partial charge in [-0.05, 0) is 13.3 Å². The van der Waals surface area contributed by atoms with Crippen molar-refractivity contribution in [2.45, 2.75) is 20.3 Å². The van der Waals surface area contributed by atoms with E-state index in [4.69, 9.17) is 4.74 Å². The minimum Gasteiger partial charge on any atom is -0.463 e. The molecule has 0 rings (SSSR count). The molecular formula is C7H12O2. The van der Waals surface area contributed by atoms with Crippen molar-refractivity contribution >= 4 is 5.97 Å². The summed E-state index contributed by atoms with van der Waals surface area (Å²) in [7, 11) is 0. The number of hydrogen-bond donors (Lipinski definition) is 0. The molecule has 52 valence electrons. The summed E-state index contributed by atoms with van der Waals surface area (Å²) < 4.78 is 4.71. The maximum atomic E-state index is 10.5. The van der Waals surface area contributed by atoms with Crippen LogP contribution in [0.25, 0.3) is 0 Å². The van der Waals surface area contributed by atoms with Crippen LogP contribution in [0.2, 0.25) is 0 Å². The first-order valence-electron chi connectivity index (χ1n) is 3.10. The lowest BCUT2D eigenvalue weighted by atomic mass is 10.5. The van der Waals surface area contributed by atoms with Crippen molar-refractivity contribution in [1.29, 1.82) is 0 Å². The van der Waals surface area contributed by atoms with Crippen LogP contribution in [0.3, 0.4) is 0 Å². The molecular weight excluding hydrogens is 116 g/mol. The van der Waals surface area contributed by atoms with Gasteiger partial charge in [0.05, 0.1) is 6.61 Å². The predicted octanol–water partition coefficient (Wildman–Crippen LogP) is 1.52. The average Bonchev–Trinajstić information content (AvgIpc) is 1.85. The number of carbonyl (C=O) groups is 1. The van der Waals surface area contributed by atoms with Crippen molar-refractivity contribution in [3.05, 3.63) is 12.2 Å². The molecule has 2 heteroatoms. The molecule has 0 aliphatic heterocycles. The predicted molar refractivity (Wildman–Crippen MR) is 36.1 cm³/mol. The minimum atomic E-state index is -0.251. The molecule has 9 heavy (non-hydrogen) atoms. The van der Waals surface area contributed by atoms with Crippen LogP contribution in [-0.4, -0.2) is 12.6 Å². The van der Waals surface area contributed by atoms with Crippen LogP contribution < -0.4 is 0 Å². The Bertz CT molecular complexity index is 105. The summed E-state index contributed by atoms with van der Waals surface area (Å²) in [6.45, 7) is 4.26. The molecule has 0 aliphatic rings. The second-order valence-electron chi connectivity index (χ2n) is 1.67. The van der Waals surface area contributed by atoms with Gasteiger partial charge in [0.25, 0.3) is 0 Å². The fourth-order valence-corrected chi connectivity index (χ4v) is 0.387. The summed E-state index contributed by atoms with van der Waals surface area (Å²) in [5.74, 6) is -0.251. The first kappa shape index (κ1) is 8.21. The van der Waals surface area contributed by atoms with Gasteiger partial charge in [-0.1, -0.05) is 13.0 Å². The standard InChI is InChI=1S/C7H12O2/c1-3-5-7(8)9-6-4-2/h3,5H,4,6H2,1-2H3. The van der Waals surface area contributed by atoms with E-state index in [0.717, 1.165) is 6.42 Å². The van der Waals surface area contributed by atoms with Gasteiger partial charge < -0.3 is 4.74 Å². The van der Waals surface area contributed by atoms with E-state index in [1.165, 1.54) is 6.08 Å². The van der Waals surface area contributed by atoms with Crippen molar-refractivity contribution < 1.29 is 9.53 Å². The third-order valence-electron chi connectivity index (χ3n) is 0.751. The number of hydrogen-bond acceptors (Lipinski definition) is 2. The first-order valence-corrected chi connectivity index (χ1v) is 3.10. The van der Waals surface area contributed by atoms with E-state index in [-0.39, 0.29) is 5.97 Å². The van der Waals surface area contributed by atoms with Crippen LogP contribution in [0.1, 0.15) is 20.3 Å². The highest BCUT2D eigenvalue weighted by Crippen LogP contribution is 1.83. The van der Waals surface area contributed by atoms with E-state index in [1.54, 1.807) is 13.0 Å². The monoisotopic (exact) mass is 128 g/mol. The topological polar surface area (TPSA) is 26.3 Å². The molecule has 0 aliphatic carbocycles. The Morgan fingerprint density at radius 3 is 2.78 bits per heavy atom. The van der Waals surface area contributed by atoms with Crippen LogP contribution in [0.5, 0.6) is 0 Å². The van der Waals surface area contributed by atoms with E-state index < -0.39 is 0 Å². The number of carbonyl (C=O) groups excluding carboxylic acids is 1. The van der Waals surface area contributed by atoms with E-state index in [0.29, 0.717) is 6.61 Å². The second kappa shape index (κ2) is 5.35. The van der Waals surface area contributed by atoms with Gasteiger partial charge in [0.2, 0.25) is 0 Å². The number of allylic oxidation sites excluding steroid dienone is 1. The van der Waals surface area contributed by atoms with Gasteiger partial charge in [0.1, 0.15) is 0 Å².